The molecule has 70 valence electrons. The average molecular weight is 225 g/mol. The molecule has 0 aliphatic carbocycles. The number of non-ortho nitro benzene ring substituents is 1. The van der Waals surface area contributed by atoms with Crippen molar-refractivity contribution in [3.8, 4) is 5.75 Å². The second-order valence-corrected chi connectivity index (χ2v) is 3.05. The zero-order valence-corrected chi connectivity index (χ0v) is 9.98. The van der Waals surface area contributed by atoms with Crippen LogP contribution in [0.1, 0.15) is 0 Å². The molecule has 14 heavy (non-hydrogen) atoms. The van der Waals surface area contributed by atoms with Crippen LogP contribution in [-0.2, 0) is 11.1 Å². The Bertz CT molecular complexity index is 382. The minimum atomic E-state index is -2.67. The van der Waals surface area contributed by atoms with Crippen LogP contribution in [0.5, 0.6) is 5.75 Å². The first-order valence-electron chi connectivity index (χ1n) is 3.09. The largest absolute Gasteiger partial charge is 1.00 e. The summed E-state index contributed by atoms with van der Waals surface area (Å²) in [5.74, 6) is -0.501. The molecule has 1 aromatic rings. The summed E-state index contributed by atoms with van der Waals surface area (Å²) in [6.07, 6.45) is 0. The molecule has 8 heteroatoms. The summed E-state index contributed by atoms with van der Waals surface area (Å²) in [6.45, 7) is 0. The molecule has 1 atom stereocenters. The van der Waals surface area contributed by atoms with Gasteiger partial charge >= 0.3 is 29.6 Å². The fourth-order valence-electron chi connectivity index (χ4n) is 0.750. The molecular weight excluding hydrogens is 221 g/mol. The number of rotatable bonds is 2. The molecule has 0 saturated carbocycles. The van der Waals surface area contributed by atoms with Gasteiger partial charge in [0.25, 0.3) is 5.69 Å². The third-order valence-electron chi connectivity index (χ3n) is 1.33. The van der Waals surface area contributed by atoms with E-state index in [1.165, 1.54) is 0 Å². The smallest absolute Gasteiger partial charge is 0.768 e. The van der Waals surface area contributed by atoms with Crippen molar-refractivity contribution in [3.05, 3.63) is 28.3 Å². The number of phenols is 1. The number of phenolic OH excluding ortho intramolecular Hbond substituents is 1. The summed E-state index contributed by atoms with van der Waals surface area (Å²) < 4.78 is 20.8. The van der Waals surface area contributed by atoms with Gasteiger partial charge in [-0.05, 0) is 17.1 Å². The maximum absolute atomic E-state index is 10.4. The van der Waals surface area contributed by atoms with Crippen molar-refractivity contribution >= 4 is 16.8 Å². The van der Waals surface area contributed by atoms with E-state index in [-0.39, 0.29) is 35.2 Å². The van der Waals surface area contributed by atoms with Gasteiger partial charge in [-0.1, -0.05) is 0 Å². The molecular formula is C6H4NNaO5S. The molecule has 1 N–H and O–H groups in total. The third kappa shape index (κ3) is 3.03. The van der Waals surface area contributed by atoms with E-state index in [0.29, 0.717) is 0 Å². The Morgan fingerprint density at radius 3 is 2.43 bits per heavy atom. The van der Waals surface area contributed by atoms with Crippen LogP contribution in [-0.4, -0.2) is 18.8 Å². The maximum atomic E-state index is 10.4. The SMILES string of the molecule is O=[N+]([O-])c1ccc(O)c(S(=O)[O-])c1.[Na+]. The number of nitro groups is 1. The summed E-state index contributed by atoms with van der Waals surface area (Å²) in [5.41, 5.74) is -0.378. The minimum Gasteiger partial charge on any atom is -0.768 e. The van der Waals surface area contributed by atoms with Gasteiger partial charge in [-0.2, -0.15) is 0 Å². The van der Waals surface area contributed by atoms with Gasteiger partial charge in [0.15, 0.2) is 0 Å². The normalized spacial score (nSPS) is 11.5. The van der Waals surface area contributed by atoms with Gasteiger partial charge in [0.1, 0.15) is 5.75 Å². The molecule has 0 spiro atoms. The second kappa shape index (κ2) is 5.42. The van der Waals surface area contributed by atoms with Crippen LogP contribution in [0.3, 0.4) is 0 Å². The number of benzene rings is 1. The van der Waals surface area contributed by atoms with E-state index in [2.05, 4.69) is 0 Å². The van der Waals surface area contributed by atoms with E-state index in [4.69, 9.17) is 5.11 Å². The van der Waals surface area contributed by atoms with Gasteiger partial charge in [-0.25, -0.2) is 0 Å². The van der Waals surface area contributed by atoms with Crippen LogP contribution in [0.15, 0.2) is 23.1 Å². The predicted molar refractivity (Wildman–Crippen MR) is 41.9 cm³/mol. The number of nitro benzene ring substituents is 1. The van der Waals surface area contributed by atoms with Crippen molar-refractivity contribution in [2.75, 3.05) is 0 Å². The molecule has 1 aromatic carbocycles. The van der Waals surface area contributed by atoms with Crippen LogP contribution in [0.25, 0.3) is 0 Å². The Labute approximate surface area is 104 Å². The molecule has 0 bridgehead atoms. The summed E-state index contributed by atoms with van der Waals surface area (Å²) in [6, 6.07) is 2.77. The topological polar surface area (TPSA) is 104 Å². The van der Waals surface area contributed by atoms with E-state index in [0.717, 1.165) is 18.2 Å². The van der Waals surface area contributed by atoms with Crippen LogP contribution in [0.2, 0.25) is 0 Å². The van der Waals surface area contributed by atoms with E-state index in [1.807, 2.05) is 0 Å². The minimum absolute atomic E-state index is 0. The summed E-state index contributed by atoms with van der Waals surface area (Å²) >= 11 is -2.67. The molecule has 1 unspecified atom stereocenters. The first-order chi connectivity index (χ1) is 6.02. The van der Waals surface area contributed by atoms with Crippen LogP contribution in [0.4, 0.5) is 5.69 Å². The molecule has 6 nitrogen and oxygen atoms in total. The Kier molecular flexibility index (Phi) is 5.24. The zero-order chi connectivity index (χ0) is 10.0. The van der Waals surface area contributed by atoms with E-state index >= 15 is 0 Å². The predicted octanol–water partition coefficient (Wildman–Crippen LogP) is -2.46. The van der Waals surface area contributed by atoms with Crippen LogP contribution < -0.4 is 29.6 Å². The summed E-state index contributed by atoms with van der Waals surface area (Å²) in [7, 11) is 0. The van der Waals surface area contributed by atoms with Gasteiger partial charge in [-0.15, -0.1) is 0 Å². The van der Waals surface area contributed by atoms with Crippen molar-refractivity contribution in [3.63, 3.8) is 0 Å². The Morgan fingerprint density at radius 2 is 2.00 bits per heavy atom. The maximum Gasteiger partial charge on any atom is 1.00 e. The number of hydrogen-bond acceptors (Lipinski definition) is 5. The molecule has 0 aliphatic rings. The van der Waals surface area contributed by atoms with Crippen molar-refractivity contribution in [2.24, 2.45) is 0 Å². The van der Waals surface area contributed by atoms with Crippen molar-refractivity contribution in [1.29, 1.82) is 0 Å². The molecule has 0 aliphatic heterocycles. The van der Waals surface area contributed by atoms with Crippen LogP contribution in [0, 0.1) is 10.1 Å². The Balaban J connectivity index is 0.00000169. The fraction of sp³-hybridized carbons (Fsp3) is 0. The number of hydrogen-bond donors (Lipinski definition) is 1. The average Bonchev–Trinajstić information content (AvgIpc) is 2.04. The first-order valence-corrected chi connectivity index (χ1v) is 4.16. The zero-order valence-electron chi connectivity index (χ0n) is 7.17. The molecule has 0 fully saturated rings. The molecule has 0 aromatic heterocycles. The van der Waals surface area contributed by atoms with E-state index in [9.17, 15) is 18.9 Å². The molecule has 0 heterocycles. The number of nitrogens with zero attached hydrogens (tertiary/aromatic N) is 1. The van der Waals surface area contributed by atoms with Crippen LogP contribution >= 0.6 is 0 Å². The first kappa shape index (κ1) is 13.5. The fourth-order valence-corrected chi connectivity index (χ4v) is 1.21. The Hall–Kier alpha value is -0.470. The van der Waals surface area contributed by atoms with Crippen molar-refractivity contribution in [2.45, 2.75) is 4.90 Å². The number of aromatic hydroxyl groups is 1. The van der Waals surface area contributed by atoms with Gasteiger partial charge in [0.05, 0.1) is 9.82 Å². The second-order valence-electron chi connectivity index (χ2n) is 2.14. The monoisotopic (exact) mass is 225 g/mol. The van der Waals surface area contributed by atoms with Gasteiger partial charge < -0.3 is 9.66 Å². The summed E-state index contributed by atoms with van der Waals surface area (Å²) in [5, 5.41) is 19.2. The quantitative estimate of drug-likeness (QED) is 0.260. The molecule has 0 amide bonds. The molecule has 1 rings (SSSR count). The van der Waals surface area contributed by atoms with E-state index < -0.39 is 26.6 Å². The Morgan fingerprint density at radius 1 is 1.43 bits per heavy atom. The van der Waals surface area contributed by atoms with Gasteiger partial charge in [0, 0.05) is 12.1 Å². The molecule has 0 saturated heterocycles. The summed E-state index contributed by atoms with van der Waals surface area (Å²) in [4.78, 5) is 8.99. The van der Waals surface area contributed by atoms with Crippen molar-refractivity contribution in [1.82, 2.24) is 0 Å². The standard InChI is InChI=1S/C6H5NO5S.Na/c8-5-2-1-4(7(9)10)3-6(5)13(11)12;/h1-3,8H,(H,11,12);/q;+1/p-1. The van der Waals surface area contributed by atoms with Gasteiger partial charge in [-0.3, -0.25) is 14.3 Å². The van der Waals surface area contributed by atoms with E-state index in [1.54, 1.807) is 0 Å². The van der Waals surface area contributed by atoms with Gasteiger partial charge in [0.2, 0.25) is 0 Å². The third-order valence-corrected chi connectivity index (χ3v) is 2.02. The molecule has 0 radical (unpaired) electrons. The van der Waals surface area contributed by atoms with Crippen molar-refractivity contribution < 1.29 is 48.3 Å².